The van der Waals surface area contributed by atoms with Gasteiger partial charge in [-0.25, -0.2) is 4.39 Å². The molecule has 2 atom stereocenters. The minimum Gasteiger partial charge on any atom is -0.508 e. The third kappa shape index (κ3) is 5.17. The van der Waals surface area contributed by atoms with Crippen LogP contribution in [0, 0.1) is 11.7 Å². The Morgan fingerprint density at radius 3 is 2.68 bits per heavy atom. The minimum atomic E-state index is -0.345. The molecule has 0 heterocycles. The molecule has 0 aliphatic heterocycles. The van der Waals surface area contributed by atoms with Crippen LogP contribution in [-0.4, -0.2) is 23.4 Å². The van der Waals surface area contributed by atoms with Crippen molar-refractivity contribution in [3.05, 3.63) is 29.6 Å². The molecule has 1 aromatic carbocycles. The highest BCUT2D eigenvalue weighted by molar-refractivity contribution is 5.34. The molecule has 0 aromatic heterocycles. The fraction of sp³-hybridized carbons (Fsp3) is 0.600. The molecule has 0 spiro atoms. The number of rotatable bonds is 8. The summed E-state index contributed by atoms with van der Waals surface area (Å²) in [5.41, 5.74) is 0.569. The number of phenols is 1. The highest BCUT2D eigenvalue weighted by Gasteiger charge is 2.13. The van der Waals surface area contributed by atoms with Crippen molar-refractivity contribution >= 4 is 0 Å². The summed E-state index contributed by atoms with van der Waals surface area (Å²) in [4.78, 5) is 0. The highest BCUT2D eigenvalue weighted by atomic mass is 19.1. The molecule has 0 radical (unpaired) electrons. The molecular formula is C15H24FNO2. The van der Waals surface area contributed by atoms with Gasteiger partial charge in [-0.05, 0) is 50.4 Å². The molecule has 4 heteroatoms. The van der Waals surface area contributed by atoms with E-state index in [0.717, 1.165) is 25.8 Å². The van der Waals surface area contributed by atoms with E-state index in [0.29, 0.717) is 11.5 Å². The quantitative estimate of drug-likeness (QED) is 0.680. The van der Waals surface area contributed by atoms with Crippen molar-refractivity contribution in [2.24, 2.45) is 5.92 Å². The topological polar surface area (TPSA) is 52.5 Å². The van der Waals surface area contributed by atoms with E-state index in [1.807, 2.05) is 6.92 Å². The molecule has 0 aliphatic carbocycles. The summed E-state index contributed by atoms with van der Waals surface area (Å²) in [6.07, 6.45) is 2.89. The number of nitrogens with one attached hydrogen (secondary N) is 1. The zero-order valence-electron chi connectivity index (χ0n) is 11.7. The Morgan fingerprint density at radius 1 is 1.32 bits per heavy atom. The maximum atomic E-state index is 13.2. The Morgan fingerprint density at radius 2 is 2.05 bits per heavy atom. The first-order chi connectivity index (χ1) is 9.08. The molecule has 0 bridgehead atoms. The molecule has 3 nitrogen and oxygen atoms in total. The standard InChI is InChI=1S/C15H24FNO2/c1-3-4-12(7-8-18)10-17-11(2)14-9-13(16)5-6-15(14)19/h5-6,9,11-12,17-19H,3-4,7-8,10H2,1-2H3. The van der Waals surface area contributed by atoms with Crippen molar-refractivity contribution in [3.8, 4) is 5.75 Å². The first kappa shape index (κ1) is 15.9. The number of phenolic OH excluding ortho intramolecular Hbond substituents is 1. The number of aliphatic hydroxyl groups excluding tert-OH is 1. The summed E-state index contributed by atoms with van der Waals surface area (Å²) in [5.74, 6) is 0.172. The van der Waals surface area contributed by atoms with E-state index in [4.69, 9.17) is 5.11 Å². The molecule has 19 heavy (non-hydrogen) atoms. The van der Waals surface area contributed by atoms with Gasteiger partial charge in [-0.1, -0.05) is 13.3 Å². The van der Waals surface area contributed by atoms with Gasteiger partial charge in [0.05, 0.1) is 0 Å². The second kappa shape index (κ2) is 8.12. The van der Waals surface area contributed by atoms with Crippen molar-refractivity contribution in [1.29, 1.82) is 0 Å². The summed E-state index contributed by atoms with van der Waals surface area (Å²) in [7, 11) is 0. The van der Waals surface area contributed by atoms with Crippen molar-refractivity contribution in [2.45, 2.75) is 39.2 Å². The van der Waals surface area contributed by atoms with Gasteiger partial charge in [0.2, 0.25) is 0 Å². The summed E-state index contributed by atoms with van der Waals surface area (Å²) in [6.45, 7) is 4.96. The molecule has 3 N–H and O–H groups in total. The zero-order valence-corrected chi connectivity index (χ0v) is 11.7. The van der Waals surface area contributed by atoms with Crippen molar-refractivity contribution in [3.63, 3.8) is 0 Å². The number of halogens is 1. The van der Waals surface area contributed by atoms with Crippen LogP contribution in [0.3, 0.4) is 0 Å². The Kier molecular flexibility index (Phi) is 6.81. The van der Waals surface area contributed by atoms with E-state index in [9.17, 15) is 9.50 Å². The Balaban J connectivity index is 2.58. The second-order valence-corrected chi connectivity index (χ2v) is 5.00. The van der Waals surface area contributed by atoms with Gasteiger partial charge in [-0.2, -0.15) is 0 Å². The van der Waals surface area contributed by atoms with Gasteiger partial charge in [0.1, 0.15) is 11.6 Å². The van der Waals surface area contributed by atoms with Crippen LogP contribution in [0.5, 0.6) is 5.75 Å². The van der Waals surface area contributed by atoms with Crippen LogP contribution >= 0.6 is 0 Å². The summed E-state index contributed by atoms with van der Waals surface area (Å²) in [6, 6.07) is 3.86. The molecule has 1 aromatic rings. The zero-order chi connectivity index (χ0) is 14.3. The van der Waals surface area contributed by atoms with Gasteiger partial charge < -0.3 is 15.5 Å². The first-order valence-corrected chi connectivity index (χ1v) is 6.91. The largest absolute Gasteiger partial charge is 0.508 e. The number of aliphatic hydroxyl groups is 1. The van der Waals surface area contributed by atoms with E-state index < -0.39 is 0 Å². The molecule has 1 rings (SSSR count). The number of aromatic hydroxyl groups is 1. The van der Waals surface area contributed by atoms with E-state index in [1.54, 1.807) is 0 Å². The fourth-order valence-corrected chi connectivity index (χ4v) is 2.26. The smallest absolute Gasteiger partial charge is 0.123 e. The van der Waals surface area contributed by atoms with Crippen molar-refractivity contribution in [2.75, 3.05) is 13.2 Å². The average molecular weight is 269 g/mol. The maximum Gasteiger partial charge on any atom is 0.123 e. The molecule has 0 saturated carbocycles. The van der Waals surface area contributed by atoms with Crippen LogP contribution in [0.2, 0.25) is 0 Å². The lowest BCUT2D eigenvalue weighted by Gasteiger charge is -2.20. The van der Waals surface area contributed by atoms with Crippen LogP contribution in [0.4, 0.5) is 4.39 Å². The molecule has 108 valence electrons. The second-order valence-electron chi connectivity index (χ2n) is 5.00. The third-order valence-electron chi connectivity index (χ3n) is 3.40. The number of hydrogen-bond donors (Lipinski definition) is 3. The monoisotopic (exact) mass is 269 g/mol. The van der Waals surface area contributed by atoms with E-state index in [-0.39, 0.29) is 24.2 Å². The maximum absolute atomic E-state index is 13.2. The van der Waals surface area contributed by atoms with Gasteiger partial charge in [-0.15, -0.1) is 0 Å². The van der Waals surface area contributed by atoms with E-state index >= 15 is 0 Å². The van der Waals surface area contributed by atoms with Crippen molar-refractivity contribution in [1.82, 2.24) is 5.32 Å². The SMILES string of the molecule is CCCC(CCO)CNC(C)c1cc(F)ccc1O. The highest BCUT2D eigenvalue weighted by Crippen LogP contribution is 2.25. The molecule has 0 aliphatic rings. The predicted molar refractivity (Wildman–Crippen MR) is 74.6 cm³/mol. The van der Waals surface area contributed by atoms with Gasteiger partial charge in [0, 0.05) is 18.2 Å². The minimum absolute atomic E-state index is 0.107. The molecule has 0 fully saturated rings. The summed E-state index contributed by atoms with van der Waals surface area (Å²) >= 11 is 0. The molecule has 0 saturated heterocycles. The van der Waals surface area contributed by atoms with Gasteiger partial charge in [-0.3, -0.25) is 0 Å². The van der Waals surface area contributed by atoms with E-state index in [1.165, 1.54) is 18.2 Å². The Labute approximate surface area is 114 Å². The first-order valence-electron chi connectivity index (χ1n) is 6.91. The molecule has 2 unspecified atom stereocenters. The lowest BCUT2D eigenvalue weighted by atomic mass is 9.99. The van der Waals surface area contributed by atoms with Crippen LogP contribution in [0.25, 0.3) is 0 Å². The van der Waals surface area contributed by atoms with E-state index in [2.05, 4.69) is 12.2 Å². The summed E-state index contributed by atoms with van der Waals surface area (Å²) in [5, 5.41) is 22.0. The lowest BCUT2D eigenvalue weighted by molar-refractivity contribution is 0.245. The fourth-order valence-electron chi connectivity index (χ4n) is 2.26. The van der Waals surface area contributed by atoms with Crippen LogP contribution < -0.4 is 5.32 Å². The van der Waals surface area contributed by atoms with Crippen LogP contribution in [-0.2, 0) is 0 Å². The Bertz CT molecular complexity index is 378. The normalized spacial score (nSPS) is 14.3. The van der Waals surface area contributed by atoms with Gasteiger partial charge in [0.25, 0.3) is 0 Å². The number of benzene rings is 1. The average Bonchev–Trinajstić information content (AvgIpc) is 2.39. The predicted octanol–water partition coefficient (Wildman–Crippen LogP) is 2.98. The van der Waals surface area contributed by atoms with Crippen LogP contribution in [0.15, 0.2) is 18.2 Å². The molecule has 0 amide bonds. The van der Waals surface area contributed by atoms with Gasteiger partial charge in [0.15, 0.2) is 0 Å². The molecular weight excluding hydrogens is 245 g/mol. The number of hydrogen-bond acceptors (Lipinski definition) is 3. The van der Waals surface area contributed by atoms with Crippen LogP contribution in [0.1, 0.15) is 44.7 Å². The van der Waals surface area contributed by atoms with Crippen molar-refractivity contribution < 1.29 is 14.6 Å². The third-order valence-corrected chi connectivity index (χ3v) is 3.40. The summed E-state index contributed by atoms with van der Waals surface area (Å²) < 4.78 is 13.2. The lowest BCUT2D eigenvalue weighted by Crippen LogP contribution is -2.26. The van der Waals surface area contributed by atoms with Gasteiger partial charge >= 0.3 is 0 Å². The Hall–Kier alpha value is -1.13.